The number of carbonyl (C=O) groups excluding carboxylic acids is 1. The first kappa shape index (κ1) is 18.3. The van der Waals surface area contributed by atoms with Gasteiger partial charge in [0, 0.05) is 16.5 Å². The minimum atomic E-state index is -0.181. The molecule has 0 saturated carbocycles. The summed E-state index contributed by atoms with van der Waals surface area (Å²) in [5.74, 6) is 0.691. The van der Waals surface area contributed by atoms with Gasteiger partial charge in [0.15, 0.2) is 5.58 Å². The molecule has 0 spiro atoms. The van der Waals surface area contributed by atoms with Crippen LogP contribution in [-0.2, 0) is 4.79 Å². The van der Waals surface area contributed by atoms with Gasteiger partial charge in [-0.2, -0.15) is 0 Å². The highest BCUT2D eigenvalue weighted by atomic mass is 32.1. The summed E-state index contributed by atoms with van der Waals surface area (Å²) in [5, 5.41) is 3.66. The summed E-state index contributed by atoms with van der Waals surface area (Å²) in [5.41, 5.74) is 1.38. The lowest BCUT2D eigenvalue weighted by atomic mass is 10.1. The van der Waals surface area contributed by atoms with Crippen molar-refractivity contribution in [3.63, 3.8) is 0 Å². The van der Waals surface area contributed by atoms with E-state index < -0.39 is 0 Å². The second kappa shape index (κ2) is 7.48. The third-order valence-electron chi connectivity index (χ3n) is 4.52. The summed E-state index contributed by atoms with van der Waals surface area (Å²) in [7, 11) is 1.59. The second-order valence-corrected chi connectivity index (χ2v) is 7.47. The molecule has 1 N–H and O–H groups in total. The van der Waals surface area contributed by atoms with Crippen molar-refractivity contribution < 1.29 is 13.9 Å². The van der Waals surface area contributed by atoms with E-state index in [2.05, 4.69) is 5.32 Å². The molecule has 0 atom stereocenters. The number of fused-ring (bicyclic) bond motifs is 3. The predicted molar refractivity (Wildman–Crippen MR) is 113 cm³/mol. The maximum absolute atomic E-state index is 13.4. The van der Waals surface area contributed by atoms with Crippen LogP contribution < -0.4 is 15.5 Å². The maximum Gasteiger partial charge on any atom is 0.226 e. The Balaban J connectivity index is 1.98. The summed E-state index contributed by atoms with van der Waals surface area (Å²) >= 11 is 1.40. The van der Waals surface area contributed by atoms with Crippen molar-refractivity contribution in [1.29, 1.82) is 0 Å². The van der Waals surface area contributed by atoms with E-state index in [4.69, 9.17) is 9.15 Å². The van der Waals surface area contributed by atoms with Gasteiger partial charge in [0.05, 0.1) is 12.7 Å². The van der Waals surface area contributed by atoms with Crippen molar-refractivity contribution in [1.82, 2.24) is 0 Å². The molecule has 0 bridgehead atoms. The minimum Gasteiger partial charge on any atom is -0.497 e. The van der Waals surface area contributed by atoms with E-state index >= 15 is 0 Å². The molecule has 5 nitrogen and oxygen atoms in total. The first-order chi connectivity index (χ1) is 13.6. The van der Waals surface area contributed by atoms with Crippen LogP contribution in [-0.4, -0.2) is 13.0 Å². The number of rotatable bonds is 5. The number of anilines is 1. The van der Waals surface area contributed by atoms with Gasteiger partial charge < -0.3 is 9.15 Å². The van der Waals surface area contributed by atoms with Crippen LogP contribution in [0.2, 0.25) is 0 Å². The van der Waals surface area contributed by atoms with E-state index in [-0.39, 0.29) is 17.2 Å². The Kier molecular flexibility index (Phi) is 4.88. The smallest absolute Gasteiger partial charge is 0.226 e. The van der Waals surface area contributed by atoms with E-state index in [1.807, 2.05) is 31.2 Å². The molecule has 0 aliphatic carbocycles. The van der Waals surface area contributed by atoms with Crippen LogP contribution in [0.25, 0.3) is 31.5 Å². The fraction of sp³-hybridized carbons (Fsp3) is 0.182. The van der Waals surface area contributed by atoms with Crippen LogP contribution in [0.4, 0.5) is 5.88 Å². The van der Waals surface area contributed by atoms with Gasteiger partial charge in [-0.3, -0.25) is 14.9 Å². The maximum atomic E-state index is 13.4. The number of amides is 1. The highest BCUT2D eigenvalue weighted by molar-refractivity contribution is 7.25. The Morgan fingerprint density at radius 1 is 1.14 bits per heavy atom. The second-order valence-electron chi connectivity index (χ2n) is 6.42. The molecule has 2 aromatic heterocycles. The molecule has 2 aromatic carbocycles. The van der Waals surface area contributed by atoms with Gasteiger partial charge in [-0.25, -0.2) is 0 Å². The van der Waals surface area contributed by atoms with Crippen molar-refractivity contribution in [3.05, 3.63) is 58.8 Å². The number of hydrogen-bond donors (Lipinski definition) is 1. The molecule has 28 heavy (non-hydrogen) atoms. The molecule has 6 heteroatoms. The molecular formula is C22H19NO4S. The summed E-state index contributed by atoms with van der Waals surface area (Å²) in [6.07, 6.45) is 1.06. The summed E-state index contributed by atoms with van der Waals surface area (Å²) in [4.78, 5) is 25.6. The fourth-order valence-corrected chi connectivity index (χ4v) is 4.24. The van der Waals surface area contributed by atoms with Crippen molar-refractivity contribution in [2.24, 2.45) is 0 Å². The van der Waals surface area contributed by atoms with Gasteiger partial charge in [-0.15, -0.1) is 11.3 Å². The average Bonchev–Trinajstić information content (AvgIpc) is 3.08. The molecule has 0 fully saturated rings. The summed E-state index contributed by atoms with van der Waals surface area (Å²) < 4.78 is 12.8. The highest BCUT2D eigenvalue weighted by Crippen LogP contribution is 2.37. The van der Waals surface area contributed by atoms with E-state index in [1.54, 1.807) is 31.4 Å². The van der Waals surface area contributed by atoms with Gasteiger partial charge in [-0.1, -0.05) is 31.2 Å². The quantitative estimate of drug-likeness (QED) is 0.491. The zero-order chi connectivity index (χ0) is 19.7. The average molecular weight is 393 g/mol. The van der Waals surface area contributed by atoms with Crippen LogP contribution in [0.3, 0.4) is 0 Å². The van der Waals surface area contributed by atoms with Gasteiger partial charge in [0.2, 0.25) is 17.2 Å². The zero-order valence-electron chi connectivity index (χ0n) is 15.6. The Morgan fingerprint density at radius 3 is 2.61 bits per heavy atom. The SMILES string of the molecule is CCCC(=O)Nc1oc2c(sc3ccccc32)c(=O)c1-c1ccc(OC)cc1. The van der Waals surface area contributed by atoms with Crippen molar-refractivity contribution in [2.45, 2.75) is 19.8 Å². The number of benzene rings is 2. The lowest BCUT2D eigenvalue weighted by Gasteiger charge is -2.10. The zero-order valence-corrected chi connectivity index (χ0v) is 16.4. The normalized spacial score (nSPS) is 11.1. The number of ether oxygens (including phenoxy) is 1. The summed E-state index contributed by atoms with van der Waals surface area (Å²) in [6.45, 7) is 1.93. The fourth-order valence-electron chi connectivity index (χ4n) is 3.17. The van der Waals surface area contributed by atoms with E-state index in [0.717, 1.165) is 10.1 Å². The Morgan fingerprint density at radius 2 is 1.89 bits per heavy atom. The molecule has 4 rings (SSSR count). The molecular weight excluding hydrogens is 374 g/mol. The van der Waals surface area contributed by atoms with Crippen LogP contribution >= 0.6 is 11.3 Å². The van der Waals surface area contributed by atoms with Crippen LogP contribution in [0, 0.1) is 0 Å². The largest absolute Gasteiger partial charge is 0.497 e. The van der Waals surface area contributed by atoms with E-state index in [9.17, 15) is 9.59 Å². The number of methoxy groups -OCH3 is 1. The molecule has 2 heterocycles. The van der Waals surface area contributed by atoms with Gasteiger partial charge in [-0.05, 0) is 36.2 Å². The van der Waals surface area contributed by atoms with Crippen LogP contribution in [0.15, 0.2) is 57.7 Å². The molecule has 0 saturated heterocycles. The number of carbonyl (C=O) groups is 1. The molecule has 142 valence electrons. The number of thiophene rings is 1. The first-order valence-electron chi connectivity index (χ1n) is 9.05. The van der Waals surface area contributed by atoms with Crippen molar-refractivity contribution in [3.8, 4) is 16.9 Å². The molecule has 1 amide bonds. The number of hydrogen-bond acceptors (Lipinski definition) is 5. The Bertz CT molecular complexity index is 1220. The van der Waals surface area contributed by atoms with Crippen molar-refractivity contribution >= 4 is 43.5 Å². The highest BCUT2D eigenvalue weighted by Gasteiger charge is 2.21. The van der Waals surface area contributed by atoms with Crippen LogP contribution in [0.1, 0.15) is 19.8 Å². The predicted octanol–water partition coefficient (Wildman–Crippen LogP) is 5.42. The Hall–Kier alpha value is -3.12. The van der Waals surface area contributed by atoms with E-state index in [1.165, 1.54) is 11.3 Å². The number of nitrogens with one attached hydrogen (secondary N) is 1. The third-order valence-corrected chi connectivity index (χ3v) is 5.67. The molecule has 0 aliphatic rings. The molecule has 4 aromatic rings. The van der Waals surface area contributed by atoms with Gasteiger partial charge in [0.1, 0.15) is 10.4 Å². The van der Waals surface area contributed by atoms with Crippen LogP contribution in [0.5, 0.6) is 5.75 Å². The molecule has 0 aliphatic heterocycles. The molecule has 0 radical (unpaired) electrons. The summed E-state index contributed by atoms with van der Waals surface area (Å²) in [6, 6.07) is 14.8. The van der Waals surface area contributed by atoms with Gasteiger partial charge in [0.25, 0.3) is 0 Å². The van der Waals surface area contributed by atoms with E-state index in [0.29, 0.717) is 40.0 Å². The van der Waals surface area contributed by atoms with Gasteiger partial charge >= 0.3 is 0 Å². The topological polar surface area (TPSA) is 68.5 Å². The Labute approximate surface area is 165 Å². The monoisotopic (exact) mass is 393 g/mol. The standard InChI is InChI=1S/C22H19NO4S/c1-3-6-17(24)23-22-18(13-9-11-14(26-2)12-10-13)19(25)21-20(27-22)15-7-4-5-8-16(15)28-21/h4-5,7-12H,3,6H2,1-2H3,(H,23,24). The lowest BCUT2D eigenvalue weighted by molar-refractivity contribution is -0.116. The third kappa shape index (κ3) is 3.16. The first-order valence-corrected chi connectivity index (χ1v) is 9.86. The van der Waals surface area contributed by atoms with Crippen molar-refractivity contribution in [2.75, 3.05) is 12.4 Å². The lowest BCUT2D eigenvalue weighted by Crippen LogP contribution is -2.15. The minimum absolute atomic E-state index is 0.153. The molecule has 0 unspecified atom stereocenters.